The van der Waals surface area contributed by atoms with Crippen LogP contribution in [0.15, 0.2) is 30.3 Å². The summed E-state index contributed by atoms with van der Waals surface area (Å²) >= 11 is 0. The Morgan fingerprint density at radius 1 is 1.08 bits per heavy atom. The number of likely N-dealkylation sites (tertiary alicyclic amines) is 1. The van der Waals surface area contributed by atoms with Crippen molar-refractivity contribution >= 4 is 11.8 Å². The molecular weight excluding hydrogens is 316 g/mol. The number of carbonyl (C=O) groups excluding carboxylic acids is 2. The monoisotopic (exact) mass is 344 g/mol. The molecule has 0 spiro atoms. The first-order chi connectivity index (χ1) is 12.1. The van der Waals surface area contributed by atoms with E-state index >= 15 is 0 Å². The van der Waals surface area contributed by atoms with Gasteiger partial charge in [0.15, 0.2) is 6.10 Å². The molecule has 5 heteroatoms. The fourth-order valence-electron chi connectivity index (χ4n) is 3.75. The summed E-state index contributed by atoms with van der Waals surface area (Å²) in [6.07, 6.45) is 5.66. The molecule has 1 aliphatic carbocycles. The minimum Gasteiger partial charge on any atom is -0.360 e. The number of hydrogen-bond acceptors (Lipinski definition) is 3. The molecule has 1 atom stereocenters. The van der Waals surface area contributed by atoms with E-state index in [2.05, 4.69) is 5.32 Å². The van der Waals surface area contributed by atoms with Gasteiger partial charge in [-0.3, -0.25) is 9.59 Å². The standard InChI is InChI=1S/C20H28N2O3/c1-15(23)22-13-11-17(12-14-22)21-20(24)19(16-7-3-2-4-8-16)25-18-9-5-6-10-18/h2-4,7-8,17-19H,5-6,9-14H2,1H3,(H,21,24). The van der Waals surface area contributed by atoms with E-state index < -0.39 is 6.10 Å². The maximum absolute atomic E-state index is 12.9. The minimum atomic E-state index is -0.546. The van der Waals surface area contributed by atoms with Gasteiger partial charge in [0, 0.05) is 26.1 Å². The van der Waals surface area contributed by atoms with Crippen LogP contribution in [-0.2, 0) is 14.3 Å². The van der Waals surface area contributed by atoms with Crippen LogP contribution in [0.1, 0.15) is 57.1 Å². The molecule has 1 saturated heterocycles. The topological polar surface area (TPSA) is 58.6 Å². The van der Waals surface area contributed by atoms with Gasteiger partial charge < -0.3 is 15.0 Å². The zero-order valence-corrected chi connectivity index (χ0v) is 14.9. The normalized spacial score (nSPS) is 20.4. The summed E-state index contributed by atoms with van der Waals surface area (Å²) in [7, 11) is 0. The zero-order chi connectivity index (χ0) is 17.6. The van der Waals surface area contributed by atoms with Gasteiger partial charge >= 0.3 is 0 Å². The molecule has 0 radical (unpaired) electrons. The molecule has 2 aliphatic rings. The summed E-state index contributed by atoms with van der Waals surface area (Å²) in [6, 6.07) is 9.86. The maximum atomic E-state index is 12.9. The lowest BCUT2D eigenvalue weighted by Crippen LogP contribution is -2.47. The van der Waals surface area contributed by atoms with Crippen molar-refractivity contribution in [1.82, 2.24) is 10.2 Å². The smallest absolute Gasteiger partial charge is 0.254 e. The van der Waals surface area contributed by atoms with Crippen LogP contribution < -0.4 is 5.32 Å². The van der Waals surface area contributed by atoms with Crippen LogP contribution in [0.5, 0.6) is 0 Å². The van der Waals surface area contributed by atoms with Crippen molar-refractivity contribution in [3.8, 4) is 0 Å². The number of piperidine rings is 1. The molecule has 5 nitrogen and oxygen atoms in total. The maximum Gasteiger partial charge on any atom is 0.254 e. The van der Waals surface area contributed by atoms with Crippen LogP contribution in [-0.4, -0.2) is 41.9 Å². The van der Waals surface area contributed by atoms with Gasteiger partial charge in [-0.2, -0.15) is 0 Å². The molecule has 1 aliphatic heterocycles. The number of rotatable bonds is 5. The quantitative estimate of drug-likeness (QED) is 0.893. The van der Waals surface area contributed by atoms with Gasteiger partial charge in [-0.05, 0) is 31.2 Å². The second-order valence-corrected chi connectivity index (χ2v) is 7.12. The minimum absolute atomic E-state index is 0.0561. The first kappa shape index (κ1) is 17.9. The van der Waals surface area contributed by atoms with Crippen LogP contribution >= 0.6 is 0 Å². The van der Waals surface area contributed by atoms with E-state index in [1.807, 2.05) is 35.2 Å². The van der Waals surface area contributed by atoms with Crippen LogP contribution in [0.3, 0.4) is 0 Å². The average molecular weight is 344 g/mol. The van der Waals surface area contributed by atoms with Gasteiger partial charge in [-0.1, -0.05) is 43.2 Å². The van der Waals surface area contributed by atoms with Crippen molar-refractivity contribution in [3.63, 3.8) is 0 Å². The lowest BCUT2D eigenvalue weighted by atomic mass is 10.0. The third-order valence-corrected chi connectivity index (χ3v) is 5.26. The number of benzene rings is 1. The molecule has 3 rings (SSSR count). The number of ether oxygens (including phenoxy) is 1. The molecule has 1 saturated carbocycles. The summed E-state index contributed by atoms with van der Waals surface area (Å²) < 4.78 is 6.18. The molecular formula is C20H28N2O3. The summed E-state index contributed by atoms with van der Waals surface area (Å²) in [6.45, 7) is 3.01. The lowest BCUT2D eigenvalue weighted by Gasteiger charge is -2.32. The Morgan fingerprint density at radius 3 is 2.32 bits per heavy atom. The number of amides is 2. The van der Waals surface area contributed by atoms with Crippen LogP contribution in [0.25, 0.3) is 0 Å². The van der Waals surface area contributed by atoms with Crippen molar-refractivity contribution in [2.45, 2.75) is 63.7 Å². The Hall–Kier alpha value is -1.88. The van der Waals surface area contributed by atoms with Crippen LogP contribution in [0, 0.1) is 0 Å². The zero-order valence-electron chi connectivity index (χ0n) is 14.9. The molecule has 1 heterocycles. The molecule has 1 N–H and O–H groups in total. The van der Waals surface area contributed by atoms with Crippen molar-refractivity contribution in [1.29, 1.82) is 0 Å². The lowest BCUT2D eigenvalue weighted by molar-refractivity contribution is -0.138. The van der Waals surface area contributed by atoms with Gasteiger partial charge in [0.05, 0.1) is 6.10 Å². The Bertz CT molecular complexity index is 576. The molecule has 25 heavy (non-hydrogen) atoms. The summed E-state index contributed by atoms with van der Waals surface area (Å²) in [4.78, 5) is 26.2. The van der Waals surface area contributed by atoms with E-state index in [1.165, 1.54) is 12.8 Å². The van der Waals surface area contributed by atoms with Crippen LogP contribution in [0.4, 0.5) is 0 Å². The Balaban J connectivity index is 1.62. The second-order valence-electron chi connectivity index (χ2n) is 7.12. The van der Waals surface area contributed by atoms with Crippen LogP contribution in [0.2, 0.25) is 0 Å². The third-order valence-electron chi connectivity index (χ3n) is 5.26. The Morgan fingerprint density at radius 2 is 1.72 bits per heavy atom. The fraction of sp³-hybridized carbons (Fsp3) is 0.600. The Kier molecular flexibility index (Phi) is 6.08. The van der Waals surface area contributed by atoms with Crippen molar-refractivity contribution < 1.29 is 14.3 Å². The molecule has 1 aromatic carbocycles. The van der Waals surface area contributed by atoms with Crippen molar-refractivity contribution in [3.05, 3.63) is 35.9 Å². The number of nitrogens with zero attached hydrogens (tertiary/aromatic N) is 1. The van der Waals surface area contributed by atoms with Gasteiger partial charge in [0.2, 0.25) is 5.91 Å². The first-order valence-corrected chi connectivity index (χ1v) is 9.40. The van der Waals surface area contributed by atoms with E-state index in [1.54, 1.807) is 6.92 Å². The number of carbonyl (C=O) groups is 2. The van der Waals surface area contributed by atoms with Crippen molar-refractivity contribution in [2.24, 2.45) is 0 Å². The highest BCUT2D eigenvalue weighted by atomic mass is 16.5. The predicted molar refractivity (Wildman–Crippen MR) is 95.9 cm³/mol. The summed E-state index contributed by atoms with van der Waals surface area (Å²) in [5.41, 5.74) is 0.910. The molecule has 136 valence electrons. The van der Waals surface area contributed by atoms with E-state index in [0.29, 0.717) is 13.1 Å². The Labute approximate surface area is 149 Å². The second kappa shape index (κ2) is 8.48. The largest absolute Gasteiger partial charge is 0.360 e. The molecule has 0 aromatic heterocycles. The van der Waals surface area contributed by atoms with Gasteiger partial charge in [0.25, 0.3) is 5.91 Å². The van der Waals surface area contributed by atoms with Gasteiger partial charge in [-0.25, -0.2) is 0 Å². The highest BCUT2D eigenvalue weighted by molar-refractivity contribution is 5.82. The SMILES string of the molecule is CC(=O)N1CCC(NC(=O)C(OC2CCCC2)c2ccccc2)CC1. The fourth-order valence-corrected chi connectivity index (χ4v) is 3.75. The van der Waals surface area contributed by atoms with Gasteiger partial charge in [0.1, 0.15) is 0 Å². The predicted octanol–water partition coefficient (Wildman–Crippen LogP) is 2.81. The summed E-state index contributed by atoms with van der Waals surface area (Å²) in [5.74, 6) is 0.0517. The van der Waals surface area contributed by atoms with Crippen molar-refractivity contribution in [2.75, 3.05) is 13.1 Å². The molecule has 2 amide bonds. The van der Waals surface area contributed by atoms with E-state index in [4.69, 9.17) is 4.74 Å². The number of nitrogens with one attached hydrogen (secondary N) is 1. The average Bonchev–Trinajstić information content (AvgIpc) is 3.14. The highest BCUT2D eigenvalue weighted by Gasteiger charge is 2.29. The van der Waals surface area contributed by atoms with Gasteiger partial charge in [-0.15, -0.1) is 0 Å². The molecule has 0 bridgehead atoms. The number of hydrogen-bond donors (Lipinski definition) is 1. The van der Waals surface area contributed by atoms with E-state index in [-0.39, 0.29) is 24.0 Å². The summed E-state index contributed by atoms with van der Waals surface area (Å²) in [5, 5.41) is 3.15. The molecule has 1 aromatic rings. The first-order valence-electron chi connectivity index (χ1n) is 9.40. The van der Waals surface area contributed by atoms with E-state index in [0.717, 1.165) is 31.2 Å². The van der Waals surface area contributed by atoms with E-state index in [9.17, 15) is 9.59 Å². The molecule has 2 fully saturated rings. The highest BCUT2D eigenvalue weighted by Crippen LogP contribution is 2.28. The molecule has 1 unspecified atom stereocenters. The third kappa shape index (κ3) is 4.82.